The van der Waals surface area contributed by atoms with E-state index in [0.717, 1.165) is 25.7 Å². The number of hydrogen-bond donors (Lipinski definition) is 1. The zero-order valence-electron chi connectivity index (χ0n) is 12.1. The Kier molecular flexibility index (Phi) is 4.09. The van der Waals surface area contributed by atoms with E-state index < -0.39 is 0 Å². The topological polar surface area (TPSA) is 23.5 Å². The van der Waals surface area contributed by atoms with Gasteiger partial charge in [-0.2, -0.15) is 0 Å². The summed E-state index contributed by atoms with van der Waals surface area (Å²) in [6, 6.07) is 0.703. The fourth-order valence-corrected chi connectivity index (χ4v) is 4.10. The monoisotopic (exact) mass is 261 g/mol. The maximum Gasteiger partial charge on any atom is 0.0609 e. The summed E-state index contributed by atoms with van der Waals surface area (Å²) in [4.78, 5) is 2.51. The van der Waals surface area contributed by atoms with E-state index in [-0.39, 0.29) is 6.10 Å². The first kappa shape index (κ1) is 13.4. The fraction of sp³-hybridized carbons (Fsp3) is 0.765. The SMILES string of the molecule is CN1CCCCC1CC1CC2=C(CC=CC2)CC1O. The lowest BCUT2D eigenvalue weighted by atomic mass is 9.75. The molecule has 1 saturated heterocycles. The van der Waals surface area contributed by atoms with Gasteiger partial charge < -0.3 is 10.0 Å². The molecule has 0 spiro atoms. The van der Waals surface area contributed by atoms with Gasteiger partial charge in [0.15, 0.2) is 0 Å². The van der Waals surface area contributed by atoms with E-state index in [2.05, 4.69) is 24.1 Å². The molecule has 0 aromatic heterocycles. The molecule has 0 bridgehead atoms. The molecule has 0 amide bonds. The average Bonchev–Trinajstić information content (AvgIpc) is 2.42. The second kappa shape index (κ2) is 5.80. The lowest BCUT2D eigenvalue weighted by Crippen LogP contribution is -2.40. The number of nitrogens with zero attached hydrogens (tertiary/aromatic N) is 1. The number of aliphatic hydroxyl groups excluding tert-OH is 1. The number of piperidine rings is 1. The highest BCUT2D eigenvalue weighted by atomic mass is 16.3. The molecular formula is C17H27NO. The molecule has 3 unspecified atom stereocenters. The van der Waals surface area contributed by atoms with Crippen LogP contribution in [0.1, 0.15) is 51.4 Å². The number of aliphatic hydroxyl groups is 1. The van der Waals surface area contributed by atoms with Gasteiger partial charge in [-0.15, -0.1) is 0 Å². The van der Waals surface area contributed by atoms with Gasteiger partial charge in [-0.25, -0.2) is 0 Å². The Balaban J connectivity index is 1.63. The van der Waals surface area contributed by atoms with Crippen LogP contribution >= 0.6 is 0 Å². The van der Waals surface area contributed by atoms with Gasteiger partial charge in [0.1, 0.15) is 0 Å². The summed E-state index contributed by atoms with van der Waals surface area (Å²) < 4.78 is 0. The molecule has 0 saturated carbocycles. The van der Waals surface area contributed by atoms with Crippen LogP contribution < -0.4 is 0 Å². The summed E-state index contributed by atoms with van der Waals surface area (Å²) in [6.45, 7) is 1.24. The van der Waals surface area contributed by atoms with E-state index >= 15 is 0 Å². The van der Waals surface area contributed by atoms with E-state index in [4.69, 9.17) is 0 Å². The fourth-order valence-electron chi connectivity index (χ4n) is 4.10. The van der Waals surface area contributed by atoms with Gasteiger partial charge in [-0.3, -0.25) is 0 Å². The zero-order chi connectivity index (χ0) is 13.2. The van der Waals surface area contributed by atoms with Crippen LogP contribution in [0, 0.1) is 5.92 Å². The van der Waals surface area contributed by atoms with Crippen LogP contribution in [0.4, 0.5) is 0 Å². The number of hydrogen-bond acceptors (Lipinski definition) is 2. The summed E-state index contributed by atoms with van der Waals surface area (Å²) in [5, 5.41) is 10.4. The van der Waals surface area contributed by atoms with Crippen molar-refractivity contribution in [3.05, 3.63) is 23.3 Å². The minimum Gasteiger partial charge on any atom is -0.392 e. The van der Waals surface area contributed by atoms with Gasteiger partial charge in [0, 0.05) is 6.04 Å². The molecule has 2 heteroatoms. The zero-order valence-corrected chi connectivity index (χ0v) is 12.1. The van der Waals surface area contributed by atoms with Crippen LogP contribution in [0.25, 0.3) is 0 Å². The van der Waals surface area contributed by atoms with Crippen molar-refractivity contribution in [2.24, 2.45) is 5.92 Å². The van der Waals surface area contributed by atoms with Crippen molar-refractivity contribution in [3.63, 3.8) is 0 Å². The summed E-state index contributed by atoms with van der Waals surface area (Å²) in [7, 11) is 2.26. The Morgan fingerprint density at radius 3 is 2.63 bits per heavy atom. The first-order valence-electron chi connectivity index (χ1n) is 7.97. The molecule has 3 rings (SSSR count). The summed E-state index contributed by atoms with van der Waals surface area (Å²) in [6.07, 6.45) is 14.0. The molecular weight excluding hydrogens is 234 g/mol. The Morgan fingerprint density at radius 1 is 1.16 bits per heavy atom. The van der Waals surface area contributed by atoms with Crippen LogP contribution in [0.5, 0.6) is 0 Å². The molecule has 1 N–H and O–H groups in total. The van der Waals surface area contributed by atoms with Gasteiger partial charge in [0.2, 0.25) is 0 Å². The smallest absolute Gasteiger partial charge is 0.0609 e. The minimum atomic E-state index is -0.0967. The van der Waals surface area contributed by atoms with Crippen LogP contribution in [-0.2, 0) is 0 Å². The van der Waals surface area contributed by atoms with Crippen molar-refractivity contribution in [2.45, 2.75) is 63.5 Å². The van der Waals surface area contributed by atoms with E-state index in [1.165, 1.54) is 37.8 Å². The molecule has 2 nitrogen and oxygen atoms in total. The molecule has 3 aliphatic rings. The molecule has 19 heavy (non-hydrogen) atoms. The van der Waals surface area contributed by atoms with Crippen molar-refractivity contribution in [1.82, 2.24) is 4.90 Å². The predicted molar refractivity (Wildman–Crippen MR) is 79.0 cm³/mol. The highest BCUT2D eigenvalue weighted by Crippen LogP contribution is 2.39. The van der Waals surface area contributed by atoms with Gasteiger partial charge in [0.25, 0.3) is 0 Å². The average molecular weight is 261 g/mol. The highest BCUT2D eigenvalue weighted by molar-refractivity contribution is 5.27. The maximum absolute atomic E-state index is 10.4. The van der Waals surface area contributed by atoms with Crippen LogP contribution in [0.3, 0.4) is 0 Å². The predicted octanol–water partition coefficient (Wildman–Crippen LogP) is 3.28. The first-order chi connectivity index (χ1) is 9.24. The Bertz CT molecular complexity index is 385. The largest absolute Gasteiger partial charge is 0.392 e. The second-order valence-electron chi connectivity index (χ2n) is 6.69. The Labute approximate surface area is 117 Å². The van der Waals surface area contributed by atoms with Gasteiger partial charge in [0.05, 0.1) is 6.10 Å². The van der Waals surface area contributed by atoms with E-state index in [1.807, 2.05) is 0 Å². The molecule has 1 fully saturated rings. The third-order valence-electron chi connectivity index (χ3n) is 5.40. The van der Waals surface area contributed by atoms with Crippen molar-refractivity contribution in [1.29, 1.82) is 0 Å². The molecule has 2 aliphatic carbocycles. The molecule has 1 heterocycles. The lowest BCUT2D eigenvalue weighted by molar-refractivity contribution is 0.0637. The van der Waals surface area contributed by atoms with E-state index in [0.29, 0.717) is 12.0 Å². The van der Waals surface area contributed by atoms with Crippen LogP contribution in [0.2, 0.25) is 0 Å². The summed E-state index contributed by atoms with van der Waals surface area (Å²) in [5.41, 5.74) is 3.17. The van der Waals surface area contributed by atoms with E-state index in [9.17, 15) is 5.11 Å². The van der Waals surface area contributed by atoms with Gasteiger partial charge in [-0.05, 0) is 64.5 Å². The van der Waals surface area contributed by atoms with Crippen molar-refractivity contribution in [2.75, 3.05) is 13.6 Å². The molecule has 0 radical (unpaired) electrons. The van der Waals surface area contributed by atoms with Crippen molar-refractivity contribution in [3.8, 4) is 0 Å². The molecule has 3 atom stereocenters. The summed E-state index contributed by atoms with van der Waals surface area (Å²) >= 11 is 0. The first-order valence-corrected chi connectivity index (χ1v) is 7.97. The number of allylic oxidation sites excluding steroid dienone is 3. The lowest BCUT2D eigenvalue weighted by Gasteiger charge is -2.39. The van der Waals surface area contributed by atoms with Crippen LogP contribution in [-0.4, -0.2) is 35.7 Å². The van der Waals surface area contributed by atoms with Gasteiger partial charge >= 0.3 is 0 Å². The molecule has 1 aliphatic heterocycles. The van der Waals surface area contributed by atoms with Crippen molar-refractivity contribution < 1.29 is 5.11 Å². The summed E-state index contributed by atoms with van der Waals surface area (Å²) in [5.74, 6) is 0.496. The number of likely N-dealkylation sites (tertiary alicyclic amines) is 1. The third kappa shape index (κ3) is 2.95. The van der Waals surface area contributed by atoms with E-state index in [1.54, 1.807) is 5.57 Å². The molecule has 0 aromatic carbocycles. The minimum absolute atomic E-state index is 0.0967. The number of rotatable bonds is 2. The highest BCUT2D eigenvalue weighted by Gasteiger charge is 2.32. The second-order valence-corrected chi connectivity index (χ2v) is 6.69. The standard InChI is InChI=1S/C17H27NO/c1-18-9-5-4-8-16(18)11-15-10-13-6-2-3-7-14(13)12-17(15)19/h2-3,15-17,19H,4-12H2,1H3. The third-order valence-corrected chi connectivity index (χ3v) is 5.40. The molecule has 106 valence electrons. The quantitative estimate of drug-likeness (QED) is 0.771. The molecule has 0 aromatic rings. The van der Waals surface area contributed by atoms with Crippen LogP contribution in [0.15, 0.2) is 23.3 Å². The van der Waals surface area contributed by atoms with Crippen molar-refractivity contribution >= 4 is 0 Å². The van der Waals surface area contributed by atoms with Gasteiger partial charge in [-0.1, -0.05) is 29.7 Å². The Morgan fingerprint density at radius 2 is 1.89 bits per heavy atom. The Hall–Kier alpha value is -0.600. The normalized spacial score (nSPS) is 36.4. The maximum atomic E-state index is 10.4.